The highest BCUT2D eigenvalue weighted by atomic mass is 16.2. The predicted octanol–water partition coefficient (Wildman–Crippen LogP) is 3.93. The number of carbonyl (C=O) groups is 2. The quantitative estimate of drug-likeness (QED) is 0.837. The lowest BCUT2D eigenvalue weighted by atomic mass is 9.86. The second-order valence-corrected chi connectivity index (χ2v) is 9.09. The lowest BCUT2D eigenvalue weighted by Crippen LogP contribution is -2.55. The SMILES string of the molecule is CCc1ccc(C2CC(NC(=O)N3CCCC3)CN(C(=O)C3CCCC3)C2)cc1. The van der Waals surface area contributed by atoms with Crippen LogP contribution in [0.3, 0.4) is 0 Å². The highest BCUT2D eigenvalue weighted by molar-refractivity contribution is 5.80. The van der Waals surface area contributed by atoms with Crippen LogP contribution in [0, 0.1) is 5.92 Å². The van der Waals surface area contributed by atoms with Crippen LogP contribution in [0.2, 0.25) is 0 Å². The number of urea groups is 1. The van der Waals surface area contributed by atoms with Crippen LogP contribution in [0.1, 0.15) is 68.9 Å². The Hall–Kier alpha value is -2.04. The maximum Gasteiger partial charge on any atom is 0.317 e. The third-order valence-electron chi connectivity index (χ3n) is 7.05. The molecule has 2 atom stereocenters. The first-order valence-electron chi connectivity index (χ1n) is 11.6. The van der Waals surface area contributed by atoms with Crippen molar-refractivity contribution in [1.82, 2.24) is 15.1 Å². The molecule has 0 bridgehead atoms. The number of nitrogens with one attached hydrogen (secondary N) is 1. The minimum absolute atomic E-state index is 0.0260. The first kappa shape index (κ1) is 20.2. The molecule has 1 N–H and O–H groups in total. The fourth-order valence-corrected chi connectivity index (χ4v) is 5.27. The van der Waals surface area contributed by atoms with Crippen LogP contribution in [0.5, 0.6) is 0 Å². The van der Waals surface area contributed by atoms with Gasteiger partial charge in [0.25, 0.3) is 0 Å². The van der Waals surface area contributed by atoms with Crippen molar-refractivity contribution in [3.05, 3.63) is 35.4 Å². The molecule has 3 aliphatic rings. The lowest BCUT2D eigenvalue weighted by molar-refractivity contribution is -0.137. The number of piperidine rings is 1. The lowest BCUT2D eigenvalue weighted by Gasteiger charge is -2.40. The highest BCUT2D eigenvalue weighted by Gasteiger charge is 2.35. The van der Waals surface area contributed by atoms with Crippen molar-refractivity contribution in [2.75, 3.05) is 26.2 Å². The Morgan fingerprint density at radius 2 is 1.66 bits per heavy atom. The van der Waals surface area contributed by atoms with Gasteiger partial charge in [-0.3, -0.25) is 4.79 Å². The fourth-order valence-electron chi connectivity index (χ4n) is 5.27. The summed E-state index contributed by atoms with van der Waals surface area (Å²) in [7, 11) is 0. The summed E-state index contributed by atoms with van der Waals surface area (Å²) in [5.74, 6) is 0.771. The number of rotatable bonds is 4. The van der Waals surface area contributed by atoms with Crippen molar-refractivity contribution in [3.63, 3.8) is 0 Å². The molecule has 2 aliphatic heterocycles. The van der Waals surface area contributed by atoms with E-state index in [2.05, 4.69) is 36.5 Å². The largest absolute Gasteiger partial charge is 0.340 e. The topological polar surface area (TPSA) is 52.7 Å². The fraction of sp³-hybridized carbons (Fsp3) is 0.667. The molecule has 1 aromatic rings. The van der Waals surface area contributed by atoms with E-state index in [1.54, 1.807) is 0 Å². The summed E-state index contributed by atoms with van der Waals surface area (Å²) in [5.41, 5.74) is 2.62. The number of aryl methyl sites for hydroxylation is 1. The van der Waals surface area contributed by atoms with E-state index < -0.39 is 0 Å². The summed E-state index contributed by atoms with van der Waals surface area (Å²) in [6.45, 7) is 5.30. The van der Waals surface area contributed by atoms with Crippen molar-refractivity contribution in [2.45, 2.75) is 70.3 Å². The average Bonchev–Trinajstić information content (AvgIpc) is 3.47. The van der Waals surface area contributed by atoms with E-state index in [1.807, 2.05) is 9.80 Å². The summed E-state index contributed by atoms with van der Waals surface area (Å²) in [4.78, 5) is 29.8. The minimum Gasteiger partial charge on any atom is -0.340 e. The third-order valence-corrected chi connectivity index (χ3v) is 7.05. The molecule has 4 rings (SSSR count). The smallest absolute Gasteiger partial charge is 0.317 e. The molecule has 0 radical (unpaired) electrons. The minimum atomic E-state index is 0.0260. The van der Waals surface area contributed by atoms with Crippen molar-refractivity contribution in [2.24, 2.45) is 5.92 Å². The number of nitrogens with zero attached hydrogens (tertiary/aromatic N) is 2. The number of carbonyl (C=O) groups excluding carboxylic acids is 2. The summed E-state index contributed by atoms with van der Waals surface area (Å²) in [6.07, 6.45) is 8.51. The van der Waals surface area contributed by atoms with Crippen LogP contribution in [0.4, 0.5) is 4.79 Å². The number of amides is 3. The van der Waals surface area contributed by atoms with Crippen molar-refractivity contribution < 1.29 is 9.59 Å². The molecule has 2 unspecified atom stereocenters. The molecular formula is C24H35N3O2. The first-order chi connectivity index (χ1) is 14.1. The van der Waals surface area contributed by atoms with Crippen LogP contribution in [0.25, 0.3) is 0 Å². The Morgan fingerprint density at radius 3 is 2.31 bits per heavy atom. The number of benzene rings is 1. The third kappa shape index (κ3) is 4.76. The van der Waals surface area contributed by atoms with Gasteiger partial charge < -0.3 is 15.1 Å². The molecule has 158 valence electrons. The maximum atomic E-state index is 13.2. The van der Waals surface area contributed by atoms with Gasteiger partial charge in [0.2, 0.25) is 5.91 Å². The summed E-state index contributed by atoms with van der Waals surface area (Å²) < 4.78 is 0. The van der Waals surface area contributed by atoms with E-state index in [4.69, 9.17) is 0 Å². The van der Waals surface area contributed by atoms with E-state index in [9.17, 15) is 9.59 Å². The summed E-state index contributed by atoms with van der Waals surface area (Å²) >= 11 is 0. The summed E-state index contributed by atoms with van der Waals surface area (Å²) in [6, 6.07) is 8.90. The molecule has 2 saturated heterocycles. The van der Waals surface area contributed by atoms with Crippen molar-refractivity contribution >= 4 is 11.9 Å². The van der Waals surface area contributed by atoms with Gasteiger partial charge in [-0.2, -0.15) is 0 Å². The van der Waals surface area contributed by atoms with Gasteiger partial charge in [-0.15, -0.1) is 0 Å². The van der Waals surface area contributed by atoms with Crippen molar-refractivity contribution in [1.29, 1.82) is 0 Å². The number of likely N-dealkylation sites (tertiary alicyclic amines) is 2. The Balaban J connectivity index is 1.48. The Morgan fingerprint density at radius 1 is 0.966 bits per heavy atom. The molecule has 1 aromatic carbocycles. The van der Waals surface area contributed by atoms with Gasteiger partial charge >= 0.3 is 6.03 Å². The van der Waals surface area contributed by atoms with Gasteiger partial charge in [0.15, 0.2) is 0 Å². The van der Waals surface area contributed by atoms with Gasteiger partial charge in [-0.25, -0.2) is 4.79 Å². The molecule has 2 heterocycles. The Labute approximate surface area is 174 Å². The average molecular weight is 398 g/mol. The molecule has 5 nitrogen and oxygen atoms in total. The van der Waals surface area contributed by atoms with E-state index in [0.29, 0.717) is 12.5 Å². The van der Waals surface area contributed by atoms with E-state index in [-0.39, 0.29) is 23.9 Å². The first-order valence-corrected chi connectivity index (χ1v) is 11.6. The van der Waals surface area contributed by atoms with Gasteiger partial charge in [-0.05, 0) is 49.7 Å². The molecule has 5 heteroatoms. The van der Waals surface area contributed by atoms with Gasteiger partial charge in [-0.1, -0.05) is 44.0 Å². The molecule has 29 heavy (non-hydrogen) atoms. The molecule has 0 spiro atoms. The Kier molecular flexibility index (Phi) is 6.41. The molecular weight excluding hydrogens is 362 g/mol. The molecule has 1 saturated carbocycles. The zero-order chi connectivity index (χ0) is 20.2. The van der Waals surface area contributed by atoms with Crippen LogP contribution in [0.15, 0.2) is 24.3 Å². The maximum absolute atomic E-state index is 13.2. The van der Waals surface area contributed by atoms with Gasteiger partial charge in [0, 0.05) is 44.1 Å². The second kappa shape index (κ2) is 9.19. The predicted molar refractivity (Wildman–Crippen MR) is 115 cm³/mol. The van der Waals surface area contributed by atoms with E-state index in [0.717, 1.165) is 58.2 Å². The van der Waals surface area contributed by atoms with Crippen LogP contribution >= 0.6 is 0 Å². The van der Waals surface area contributed by atoms with Crippen LogP contribution < -0.4 is 5.32 Å². The van der Waals surface area contributed by atoms with Gasteiger partial charge in [0.1, 0.15) is 0 Å². The Bertz CT molecular complexity index is 705. The summed E-state index contributed by atoms with van der Waals surface area (Å²) in [5, 5.41) is 3.25. The molecule has 3 amide bonds. The zero-order valence-electron chi connectivity index (χ0n) is 17.7. The zero-order valence-corrected chi connectivity index (χ0v) is 17.7. The molecule has 1 aliphatic carbocycles. The number of hydrogen-bond donors (Lipinski definition) is 1. The second-order valence-electron chi connectivity index (χ2n) is 9.09. The monoisotopic (exact) mass is 397 g/mol. The number of hydrogen-bond acceptors (Lipinski definition) is 2. The van der Waals surface area contributed by atoms with Crippen LogP contribution in [-0.4, -0.2) is 54.0 Å². The van der Waals surface area contributed by atoms with E-state index >= 15 is 0 Å². The molecule has 0 aromatic heterocycles. The highest BCUT2D eigenvalue weighted by Crippen LogP contribution is 2.32. The normalized spacial score (nSPS) is 25.4. The molecule has 3 fully saturated rings. The van der Waals surface area contributed by atoms with Crippen LogP contribution in [-0.2, 0) is 11.2 Å². The van der Waals surface area contributed by atoms with Gasteiger partial charge in [0.05, 0.1) is 0 Å². The van der Waals surface area contributed by atoms with Crippen molar-refractivity contribution in [3.8, 4) is 0 Å². The standard InChI is InChI=1S/C24H35N3O2/c1-2-18-9-11-19(12-10-18)21-15-22(25-24(29)26-13-5-6-14-26)17-27(16-21)23(28)20-7-3-4-8-20/h9-12,20-22H,2-8,13-17H2,1H3,(H,25,29). The van der Waals surface area contributed by atoms with E-state index in [1.165, 1.54) is 24.0 Å².